The lowest BCUT2D eigenvalue weighted by Crippen LogP contribution is -2.45. The van der Waals surface area contributed by atoms with Crippen molar-refractivity contribution in [2.24, 2.45) is 0 Å². The summed E-state index contributed by atoms with van der Waals surface area (Å²) in [6.45, 7) is 4.65. The zero-order chi connectivity index (χ0) is 19.1. The zero-order valence-electron chi connectivity index (χ0n) is 16.4. The number of anilines is 1. The number of aromatic nitrogens is 1. The van der Waals surface area contributed by atoms with Crippen molar-refractivity contribution in [1.82, 2.24) is 9.88 Å². The molecular formula is C24H27N3O. The van der Waals surface area contributed by atoms with Gasteiger partial charge in [-0.3, -0.25) is 9.69 Å². The van der Waals surface area contributed by atoms with Gasteiger partial charge >= 0.3 is 0 Å². The van der Waals surface area contributed by atoms with Crippen LogP contribution in [0.5, 0.6) is 0 Å². The van der Waals surface area contributed by atoms with Gasteiger partial charge in [0.05, 0.1) is 6.54 Å². The predicted octanol–water partition coefficient (Wildman–Crippen LogP) is 4.33. The number of hydrogen-bond donors (Lipinski definition) is 1. The number of hydrogen-bond acceptors (Lipinski definition) is 2. The standard InChI is InChI=1S/C24H27N3O/c1-17-14-19-6-2-5-9-23(19)27(17)24(28)16-26-12-10-18(11-13-26)21-15-25-22-8-4-3-7-20(21)22/h2-9,15,17-18,25H,10-14,16H2,1H3/t17-/m0/s1. The maximum atomic E-state index is 13.1. The van der Waals surface area contributed by atoms with E-state index in [9.17, 15) is 4.79 Å². The molecule has 4 nitrogen and oxygen atoms in total. The van der Waals surface area contributed by atoms with Crippen LogP contribution in [-0.4, -0.2) is 41.5 Å². The molecule has 1 amide bonds. The Morgan fingerprint density at radius 1 is 1.07 bits per heavy atom. The Morgan fingerprint density at radius 2 is 1.82 bits per heavy atom. The van der Waals surface area contributed by atoms with Crippen molar-refractivity contribution >= 4 is 22.5 Å². The first-order valence-electron chi connectivity index (χ1n) is 10.4. The second-order valence-corrected chi connectivity index (χ2v) is 8.29. The molecule has 0 unspecified atom stereocenters. The Kier molecular flexibility index (Phi) is 4.44. The zero-order valence-corrected chi connectivity index (χ0v) is 16.4. The molecule has 1 N–H and O–H groups in total. The van der Waals surface area contributed by atoms with Gasteiger partial charge in [-0.05, 0) is 68.5 Å². The van der Waals surface area contributed by atoms with Crippen LogP contribution >= 0.6 is 0 Å². The summed E-state index contributed by atoms with van der Waals surface area (Å²) in [6, 6.07) is 17.1. The minimum Gasteiger partial charge on any atom is -0.361 e. The first-order chi connectivity index (χ1) is 13.7. The molecule has 3 heterocycles. The molecule has 0 bridgehead atoms. The van der Waals surface area contributed by atoms with Crippen molar-refractivity contribution < 1.29 is 4.79 Å². The molecule has 1 fully saturated rings. The number of piperidine rings is 1. The Hall–Kier alpha value is -2.59. The molecule has 0 spiro atoms. The predicted molar refractivity (Wildman–Crippen MR) is 114 cm³/mol. The lowest BCUT2D eigenvalue weighted by atomic mass is 9.89. The monoisotopic (exact) mass is 373 g/mol. The lowest BCUT2D eigenvalue weighted by Gasteiger charge is -2.33. The fourth-order valence-corrected chi connectivity index (χ4v) is 5.05. The number of nitrogens with zero attached hydrogens (tertiary/aromatic N) is 2. The van der Waals surface area contributed by atoms with Crippen LogP contribution in [0.1, 0.15) is 36.8 Å². The van der Waals surface area contributed by atoms with Gasteiger partial charge in [-0.25, -0.2) is 0 Å². The van der Waals surface area contributed by atoms with Crippen molar-refractivity contribution in [2.45, 2.75) is 38.1 Å². The summed E-state index contributed by atoms with van der Waals surface area (Å²) >= 11 is 0. The summed E-state index contributed by atoms with van der Waals surface area (Å²) in [7, 11) is 0. The average molecular weight is 374 g/mol. The summed E-state index contributed by atoms with van der Waals surface area (Å²) in [5.41, 5.74) is 5.05. The maximum Gasteiger partial charge on any atom is 0.241 e. The molecule has 5 rings (SSSR count). The van der Waals surface area contributed by atoms with Crippen LogP contribution in [0.4, 0.5) is 5.69 Å². The van der Waals surface area contributed by atoms with Crippen LogP contribution in [0, 0.1) is 0 Å². The fraction of sp³-hybridized carbons (Fsp3) is 0.375. The Labute approximate surface area is 166 Å². The molecule has 0 saturated carbocycles. The van der Waals surface area contributed by atoms with Crippen molar-refractivity contribution in [2.75, 3.05) is 24.5 Å². The van der Waals surface area contributed by atoms with E-state index in [1.165, 1.54) is 22.0 Å². The van der Waals surface area contributed by atoms with Gasteiger partial charge < -0.3 is 9.88 Å². The summed E-state index contributed by atoms with van der Waals surface area (Å²) in [5, 5.41) is 1.35. The Balaban J connectivity index is 1.24. The topological polar surface area (TPSA) is 39.3 Å². The molecule has 1 saturated heterocycles. The fourth-order valence-electron chi connectivity index (χ4n) is 5.05. The van der Waals surface area contributed by atoms with Gasteiger partial charge in [0.25, 0.3) is 0 Å². The van der Waals surface area contributed by atoms with E-state index in [1.54, 1.807) is 0 Å². The summed E-state index contributed by atoms with van der Waals surface area (Å²) in [5.74, 6) is 0.817. The van der Waals surface area contributed by atoms with Crippen LogP contribution in [0.2, 0.25) is 0 Å². The molecule has 1 aromatic heterocycles. The third-order valence-electron chi connectivity index (χ3n) is 6.48. The highest BCUT2D eigenvalue weighted by molar-refractivity contribution is 5.97. The number of para-hydroxylation sites is 2. The first-order valence-corrected chi connectivity index (χ1v) is 10.4. The summed E-state index contributed by atoms with van der Waals surface area (Å²) in [4.78, 5) is 20.8. The number of fused-ring (bicyclic) bond motifs is 2. The second-order valence-electron chi connectivity index (χ2n) is 8.29. The van der Waals surface area contributed by atoms with E-state index in [4.69, 9.17) is 0 Å². The first kappa shape index (κ1) is 17.5. The number of H-pyrrole nitrogens is 1. The van der Waals surface area contributed by atoms with Crippen molar-refractivity contribution in [3.05, 3.63) is 65.9 Å². The molecular weight excluding hydrogens is 346 g/mol. The molecule has 4 heteroatoms. The SMILES string of the molecule is C[C@H]1Cc2ccccc2N1C(=O)CN1CCC(c2c[nH]c3ccccc23)CC1. The molecule has 2 aliphatic rings. The van der Waals surface area contributed by atoms with Crippen LogP contribution in [0.15, 0.2) is 54.7 Å². The number of benzene rings is 2. The number of rotatable bonds is 3. The molecule has 2 aliphatic heterocycles. The average Bonchev–Trinajstić information content (AvgIpc) is 3.29. The highest BCUT2D eigenvalue weighted by Crippen LogP contribution is 2.34. The Bertz CT molecular complexity index is 1000. The smallest absolute Gasteiger partial charge is 0.241 e. The van der Waals surface area contributed by atoms with Gasteiger partial charge in [0, 0.05) is 28.8 Å². The van der Waals surface area contributed by atoms with Crippen LogP contribution in [-0.2, 0) is 11.2 Å². The maximum absolute atomic E-state index is 13.1. The van der Waals surface area contributed by atoms with Gasteiger partial charge in [-0.1, -0.05) is 36.4 Å². The number of carbonyl (C=O) groups excluding carboxylic acids is 1. The number of nitrogens with one attached hydrogen (secondary N) is 1. The van der Waals surface area contributed by atoms with Gasteiger partial charge in [-0.15, -0.1) is 0 Å². The van der Waals surface area contributed by atoms with Crippen molar-refractivity contribution in [3.8, 4) is 0 Å². The van der Waals surface area contributed by atoms with Gasteiger partial charge in [0.1, 0.15) is 0 Å². The number of carbonyl (C=O) groups is 1. The Morgan fingerprint density at radius 3 is 2.68 bits per heavy atom. The minimum atomic E-state index is 0.239. The van der Waals surface area contributed by atoms with Gasteiger partial charge in [0.2, 0.25) is 5.91 Å². The largest absolute Gasteiger partial charge is 0.361 e. The van der Waals surface area contributed by atoms with Crippen molar-refractivity contribution in [1.29, 1.82) is 0 Å². The molecule has 144 valence electrons. The number of amides is 1. The summed E-state index contributed by atoms with van der Waals surface area (Å²) < 4.78 is 0. The quantitative estimate of drug-likeness (QED) is 0.742. The van der Waals surface area contributed by atoms with E-state index in [2.05, 4.69) is 65.5 Å². The van der Waals surface area contributed by atoms with Gasteiger partial charge in [0.15, 0.2) is 0 Å². The van der Waals surface area contributed by atoms with Crippen molar-refractivity contribution in [3.63, 3.8) is 0 Å². The number of likely N-dealkylation sites (tertiary alicyclic amines) is 1. The summed E-state index contributed by atoms with van der Waals surface area (Å²) in [6.07, 6.45) is 5.37. The van der Waals surface area contributed by atoms with E-state index >= 15 is 0 Å². The molecule has 0 radical (unpaired) electrons. The second kappa shape index (κ2) is 7.10. The van der Waals surface area contributed by atoms with E-state index in [1.807, 2.05) is 11.0 Å². The van der Waals surface area contributed by atoms with Crippen LogP contribution in [0.3, 0.4) is 0 Å². The van der Waals surface area contributed by atoms with E-state index in [0.717, 1.165) is 38.0 Å². The molecule has 3 aromatic rings. The molecule has 0 aliphatic carbocycles. The van der Waals surface area contributed by atoms with Crippen LogP contribution < -0.4 is 4.90 Å². The highest BCUT2D eigenvalue weighted by Gasteiger charge is 2.32. The third-order valence-corrected chi connectivity index (χ3v) is 6.48. The lowest BCUT2D eigenvalue weighted by molar-refractivity contribution is -0.120. The normalized spacial score (nSPS) is 20.6. The van der Waals surface area contributed by atoms with E-state index < -0.39 is 0 Å². The minimum absolute atomic E-state index is 0.239. The van der Waals surface area contributed by atoms with Gasteiger partial charge in [-0.2, -0.15) is 0 Å². The highest BCUT2D eigenvalue weighted by atomic mass is 16.2. The molecule has 2 aromatic carbocycles. The van der Waals surface area contributed by atoms with Crippen LogP contribution in [0.25, 0.3) is 10.9 Å². The molecule has 1 atom stereocenters. The van der Waals surface area contributed by atoms with E-state index in [0.29, 0.717) is 12.5 Å². The molecule has 28 heavy (non-hydrogen) atoms. The van der Waals surface area contributed by atoms with E-state index in [-0.39, 0.29) is 11.9 Å². The number of aromatic amines is 1. The third kappa shape index (κ3) is 3.02.